The molecule has 110 valence electrons. The van der Waals surface area contributed by atoms with E-state index < -0.39 is 0 Å². The van der Waals surface area contributed by atoms with Gasteiger partial charge in [-0.1, -0.05) is 12.1 Å². The molecule has 1 aliphatic rings. The van der Waals surface area contributed by atoms with Gasteiger partial charge in [-0.3, -0.25) is 4.79 Å². The van der Waals surface area contributed by atoms with Crippen molar-refractivity contribution in [3.05, 3.63) is 70.0 Å². The van der Waals surface area contributed by atoms with E-state index >= 15 is 0 Å². The van der Waals surface area contributed by atoms with Gasteiger partial charge in [0.1, 0.15) is 0 Å². The summed E-state index contributed by atoms with van der Waals surface area (Å²) in [6.45, 7) is 0.591. The molecule has 22 heavy (non-hydrogen) atoms. The van der Waals surface area contributed by atoms with Gasteiger partial charge in [-0.2, -0.15) is 4.57 Å². The van der Waals surface area contributed by atoms with E-state index in [2.05, 4.69) is 33.0 Å². The number of benzene rings is 1. The van der Waals surface area contributed by atoms with Crippen LogP contribution in [-0.4, -0.2) is 9.97 Å². The van der Waals surface area contributed by atoms with Gasteiger partial charge < -0.3 is 4.98 Å². The highest BCUT2D eigenvalue weighted by molar-refractivity contribution is 5.77. The minimum atomic E-state index is -0.0702. The predicted octanol–water partition coefficient (Wildman–Crippen LogP) is 2.14. The van der Waals surface area contributed by atoms with Gasteiger partial charge in [-0.25, -0.2) is 4.98 Å². The van der Waals surface area contributed by atoms with Gasteiger partial charge in [-0.05, 0) is 43.4 Å². The second-order valence-electron chi connectivity index (χ2n) is 5.90. The lowest BCUT2D eigenvalue weighted by Gasteiger charge is -2.13. The fourth-order valence-corrected chi connectivity index (χ4v) is 3.20. The zero-order valence-corrected chi connectivity index (χ0v) is 12.4. The highest BCUT2D eigenvalue weighted by Gasteiger charge is 2.14. The highest BCUT2D eigenvalue weighted by atomic mass is 16.1. The summed E-state index contributed by atoms with van der Waals surface area (Å²) >= 11 is 0. The van der Waals surface area contributed by atoms with Gasteiger partial charge >= 0.3 is 0 Å². The maximum atomic E-state index is 12.1. The Morgan fingerprint density at radius 3 is 2.82 bits per heavy atom. The maximum Gasteiger partial charge on any atom is 0.258 e. The summed E-state index contributed by atoms with van der Waals surface area (Å²) in [6, 6.07) is 9.65. The molecule has 0 aliphatic heterocycles. The van der Waals surface area contributed by atoms with E-state index in [1.165, 1.54) is 30.4 Å². The fraction of sp³-hybridized carbons (Fsp3) is 0.278. The first kappa shape index (κ1) is 13.2. The summed E-state index contributed by atoms with van der Waals surface area (Å²) in [5.41, 5.74) is 3.57. The van der Waals surface area contributed by atoms with Gasteiger partial charge in [0.05, 0.1) is 10.9 Å². The van der Waals surface area contributed by atoms with Crippen molar-refractivity contribution in [1.29, 1.82) is 0 Å². The molecule has 0 saturated heterocycles. The van der Waals surface area contributed by atoms with Crippen molar-refractivity contribution in [2.75, 3.05) is 0 Å². The Hall–Kier alpha value is -2.49. The molecule has 1 N–H and O–H groups in total. The van der Waals surface area contributed by atoms with Crippen LogP contribution in [0.25, 0.3) is 10.9 Å². The lowest BCUT2D eigenvalue weighted by molar-refractivity contribution is -0.689. The van der Waals surface area contributed by atoms with E-state index in [-0.39, 0.29) is 5.56 Å². The number of nitrogens with one attached hydrogen (secondary N) is 1. The molecule has 2 aromatic heterocycles. The van der Waals surface area contributed by atoms with Crippen LogP contribution in [0.1, 0.15) is 29.8 Å². The number of hydrogen-bond acceptors (Lipinski definition) is 2. The number of aromatic nitrogens is 3. The molecule has 0 amide bonds. The number of rotatable bonds is 2. The Kier molecular flexibility index (Phi) is 3.22. The smallest absolute Gasteiger partial charge is 0.258 e. The van der Waals surface area contributed by atoms with Crippen LogP contribution < -0.4 is 10.1 Å². The topological polar surface area (TPSA) is 49.6 Å². The molecule has 1 aliphatic carbocycles. The first-order valence-corrected chi connectivity index (χ1v) is 7.78. The van der Waals surface area contributed by atoms with Gasteiger partial charge in [0, 0.05) is 11.6 Å². The minimum absolute atomic E-state index is 0.0702. The summed E-state index contributed by atoms with van der Waals surface area (Å²) in [4.78, 5) is 19.6. The van der Waals surface area contributed by atoms with E-state index in [4.69, 9.17) is 0 Å². The zero-order chi connectivity index (χ0) is 14.9. The third-order valence-electron chi connectivity index (χ3n) is 4.34. The second-order valence-corrected chi connectivity index (χ2v) is 5.90. The third-order valence-corrected chi connectivity index (χ3v) is 4.34. The number of nitrogens with zero attached hydrogens (tertiary/aromatic N) is 2. The standard InChI is InChI=1S/C18H17N3O/c22-18-15-7-3-4-8-16(15)19-17(20-18)12-21-10-9-13-5-1-2-6-14(13)11-21/h3-4,7-11H,1-2,5-6,12H2/p+1. The van der Waals surface area contributed by atoms with Gasteiger partial charge in [-0.15, -0.1) is 0 Å². The van der Waals surface area contributed by atoms with E-state index in [0.29, 0.717) is 17.8 Å². The summed E-state index contributed by atoms with van der Waals surface area (Å²) in [5.74, 6) is 0.699. The minimum Gasteiger partial charge on any atom is -0.305 e. The number of aryl methyl sites for hydroxylation is 2. The van der Waals surface area contributed by atoms with Crippen molar-refractivity contribution < 1.29 is 4.57 Å². The van der Waals surface area contributed by atoms with Crippen LogP contribution in [0, 0.1) is 0 Å². The summed E-state index contributed by atoms with van der Waals surface area (Å²) in [6.07, 6.45) is 9.17. The number of pyridine rings is 1. The SMILES string of the molecule is O=c1[nH]c(C[n+]2ccc3c(c2)CCCC3)nc2ccccc12. The molecule has 0 unspecified atom stereocenters. The van der Waals surface area contributed by atoms with Crippen LogP contribution in [0.3, 0.4) is 0 Å². The van der Waals surface area contributed by atoms with Gasteiger partial charge in [0.2, 0.25) is 6.54 Å². The third kappa shape index (κ3) is 2.41. The van der Waals surface area contributed by atoms with E-state index in [0.717, 1.165) is 11.9 Å². The number of fused-ring (bicyclic) bond motifs is 2. The van der Waals surface area contributed by atoms with Crippen molar-refractivity contribution in [3.63, 3.8) is 0 Å². The highest BCUT2D eigenvalue weighted by Crippen LogP contribution is 2.18. The van der Waals surface area contributed by atoms with Crippen molar-refractivity contribution in [2.24, 2.45) is 0 Å². The second kappa shape index (κ2) is 5.37. The number of hydrogen-bond donors (Lipinski definition) is 1. The molecule has 0 saturated carbocycles. The van der Waals surface area contributed by atoms with Gasteiger partial charge in [0.25, 0.3) is 5.56 Å². The van der Waals surface area contributed by atoms with E-state index in [9.17, 15) is 4.79 Å². The summed E-state index contributed by atoms with van der Waals surface area (Å²) in [5, 5.41) is 0.640. The molecule has 0 atom stereocenters. The van der Waals surface area contributed by atoms with Gasteiger partial charge in [0.15, 0.2) is 18.2 Å². The van der Waals surface area contributed by atoms with Crippen molar-refractivity contribution >= 4 is 10.9 Å². The first-order valence-electron chi connectivity index (χ1n) is 7.78. The van der Waals surface area contributed by atoms with Crippen LogP contribution in [0.4, 0.5) is 0 Å². The Morgan fingerprint density at radius 2 is 1.91 bits per heavy atom. The molecule has 0 spiro atoms. The van der Waals surface area contributed by atoms with Crippen LogP contribution in [-0.2, 0) is 19.4 Å². The van der Waals surface area contributed by atoms with Crippen molar-refractivity contribution in [2.45, 2.75) is 32.2 Å². The Bertz CT molecular complexity index is 898. The fourth-order valence-electron chi connectivity index (χ4n) is 3.20. The molecule has 0 radical (unpaired) electrons. The molecule has 4 nitrogen and oxygen atoms in total. The van der Waals surface area contributed by atoms with Crippen LogP contribution >= 0.6 is 0 Å². The largest absolute Gasteiger partial charge is 0.305 e. The number of aromatic amines is 1. The number of H-pyrrole nitrogens is 1. The molecule has 3 aromatic rings. The normalized spacial score (nSPS) is 14.0. The van der Waals surface area contributed by atoms with Crippen molar-refractivity contribution in [1.82, 2.24) is 9.97 Å². The quantitative estimate of drug-likeness (QED) is 0.736. The molecule has 2 heterocycles. The average molecular weight is 292 g/mol. The molecule has 1 aromatic carbocycles. The summed E-state index contributed by atoms with van der Waals surface area (Å²) in [7, 11) is 0. The van der Waals surface area contributed by atoms with E-state index in [1.54, 1.807) is 6.07 Å². The number of para-hydroxylation sites is 1. The van der Waals surface area contributed by atoms with Crippen LogP contribution in [0.2, 0.25) is 0 Å². The first-order chi connectivity index (χ1) is 10.8. The monoisotopic (exact) mass is 292 g/mol. The van der Waals surface area contributed by atoms with Crippen LogP contribution in [0.5, 0.6) is 0 Å². The Labute approximate surface area is 128 Å². The maximum absolute atomic E-state index is 12.1. The molecule has 4 heteroatoms. The zero-order valence-electron chi connectivity index (χ0n) is 12.4. The Balaban J connectivity index is 1.70. The molecule has 0 bridgehead atoms. The summed E-state index contributed by atoms with van der Waals surface area (Å²) < 4.78 is 2.11. The van der Waals surface area contributed by atoms with E-state index in [1.807, 2.05) is 18.2 Å². The Morgan fingerprint density at radius 1 is 1.09 bits per heavy atom. The molecular formula is C18H18N3O+. The lowest BCUT2D eigenvalue weighted by atomic mass is 9.93. The van der Waals surface area contributed by atoms with Crippen molar-refractivity contribution in [3.8, 4) is 0 Å². The predicted molar refractivity (Wildman–Crippen MR) is 84.7 cm³/mol. The molecular weight excluding hydrogens is 274 g/mol. The van der Waals surface area contributed by atoms with Crippen LogP contribution in [0.15, 0.2) is 47.5 Å². The molecule has 0 fully saturated rings. The average Bonchev–Trinajstić information content (AvgIpc) is 2.55. The lowest BCUT2D eigenvalue weighted by Crippen LogP contribution is -2.36. The molecule has 4 rings (SSSR count).